The molecule has 0 unspecified atom stereocenters. The van der Waals surface area contributed by atoms with Crippen LogP contribution in [0.25, 0.3) is 105 Å². The van der Waals surface area contributed by atoms with Crippen LogP contribution < -0.4 is 0 Å². The van der Waals surface area contributed by atoms with Crippen LogP contribution >= 0.6 is 0 Å². The Bertz CT molecular complexity index is 3460. The van der Waals surface area contributed by atoms with Crippen molar-refractivity contribution in [2.24, 2.45) is 0 Å². The van der Waals surface area contributed by atoms with Crippen LogP contribution in [0.4, 0.5) is 0 Å². The summed E-state index contributed by atoms with van der Waals surface area (Å²) < 4.78 is 11.0. The van der Waals surface area contributed by atoms with Crippen LogP contribution in [0, 0.1) is 0 Å². The second kappa shape index (κ2) is 12.6. The molecule has 0 saturated carbocycles. The predicted octanol–water partition coefficient (Wildman–Crippen LogP) is 14.8. The molecule has 1 aliphatic carbocycles. The van der Waals surface area contributed by atoms with Gasteiger partial charge in [0, 0.05) is 43.7 Å². The normalized spacial score (nSPS) is 13.2. The molecule has 3 heterocycles. The summed E-state index contributed by atoms with van der Waals surface area (Å²) >= 11 is 0. The molecule has 0 spiro atoms. The van der Waals surface area contributed by atoms with Crippen molar-refractivity contribution in [3.8, 4) is 33.6 Å². The number of furan rings is 1. The SMILES string of the molecule is C1=CC(c2ccc(-c3cccc(-n4c5ccccc5c5cc(-c6ccc7c(c6)c6ccccc6n7-c6ccc7oc8ccccc8c7c6)ccc54)c3)cc2)=CCC1. The van der Waals surface area contributed by atoms with Gasteiger partial charge in [0.2, 0.25) is 0 Å². The van der Waals surface area contributed by atoms with Crippen molar-refractivity contribution >= 4 is 71.1 Å². The number of fused-ring (bicyclic) bond motifs is 9. The van der Waals surface area contributed by atoms with Gasteiger partial charge in [0.05, 0.1) is 22.1 Å². The predicted molar refractivity (Wildman–Crippen MR) is 240 cm³/mol. The second-order valence-corrected chi connectivity index (χ2v) is 15.2. The fourth-order valence-electron chi connectivity index (χ4n) is 9.22. The van der Waals surface area contributed by atoms with Gasteiger partial charge in [-0.15, -0.1) is 0 Å². The van der Waals surface area contributed by atoms with E-state index in [1.807, 2.05) is 12.1 Å². The van der Waals surface area contributed by atoms with Gasteiger partial charge in [-0.05, 0) is 119 Å². The number of nitrogens with zero attached hydrogens (tertiary/aromatic N) is 2. The van der Waals surface area contributed by atoms with Crippen molar-refractivity contribution in [3.05, 3.63) is 200 Å². The first kappa shape index (κ1) is 31.9. The molecule has 0 bridgehead atoms. The van der Waals surface area contributed by atoms with Gasteiger partial charge in [0.1, 0.15) is 11.2 Å². The highest BCUT2D eigenvalue weighted by atomic mass is 16.3. The minimum Gasteiger partial charge on any atom is -0.456 e. The van der Waals surface area contributed by atoms with Gasteiger partial charge in [-0.3, -0.25) is 0 Å². The Hall–Kier alpha value is -7.36. The maximum Gasteiger partial charge on any atom is 0.135 e. The Balaban J connectivity index is 0.962. The van der Waals surface area contributed by atoms with Crippen molar-refractivity contribution in [2.75, 3.05) is 0 Å². The summed E-state index contributed by atoms with van der Waals surface area (Å²) in [4.78, 5) is 0. The molecule has 57 heavy (non-hydrogen) atoms. The van der Waals surface area contributed by atoms with Crippen LogP contribution in [0.5, 0.6) is 0 Å². The summed E-state index contributed by atoms with van der Waals surface area (Å²) in [5, 5.41) is 7.23. The van der Waals surface area contributed by atoms with Crippen molar-refractivity contribution in [3.63, 3.8) is 0 Å². The first-order valence-electron chi connectivity index (χ1n) is 19.8. The molecular formula is C54H36N2O. The molecule has 3 aromatic heterocycles. The van der Waals surface area contributed by atoms with E-state index in [-0.39, 0.29) is 0 Å². The number of para-hydroxylation sites is 3. The average molecular weight is 729 g/mol. The van der Waals surface area contributed by atoms with Crippen molar-refractivity contribution in [1.29, 1.82) is 0 Å². The highest BCUT2D eigenvalue weighted by molar-refractivity contribution is 6.13. The van der Waals surface area contributed by atoms with Crippen LogP contribution in [-0.4, -0.2) is 9.13 Å². The van der Waals surface area contributed by atoms with Crippen LogP contribution in [0.3, 0.4) is 0 Å². The van der Waals surface area contributed by atoms with E-state index in [2.05, 4.69) is 191 Å². The molecule has 0 radical (unpaired) electrons. The number of aromatic nitrogens is 2. The van der Waals surface area contributed by atoms with Gasteiger partial charge in [0.15, 0.2) is 0 Å². The molecule has 11 aromatic rings. The van der Waals surface area contributed by atoms with Crippen molar-refractivity contribution in [2.45, 2.75) is 12.8 Å². The second-order valence-electron chi connectivity index (χ2n) is 15.2. The van der Waals surface area contributed by atoms with Gasteiger partial charge < -0.3 is 13.6 Å². The standard InChI is InChI=1S/C54H36N2O/c1-2-11-35(12-3-1)36-21-23-37(24-22-36)38-13-10-14-41(31-38)55-49-18-7-4-15-43(49)46-32-39(25-28-51(46)55)40-26-29-52-47(33-40)44-16-5-8-19-50(44)56(52)42-27-30-54-48(34-42)45-17-6-9-20-53(45)57-54/h2,4-34H,1,3H2. The van der Waals surface area contributed by atoms with E-state index in [0.717, 1.165) is 46.2 Å². The third-order valence-electron chi connectivity index (χ3n) is 11.9. The third kappa shape index (κ3) is 5.06. The van der Waals surface area contributed by atoms with Crippen LogP contribution in [0.15, 0.2) is 199 Å². The first-order chi connectivity index (χ1) is 28.2. The van der Waals surface area contributed by atoms with Crippen LogP contribution in [0.2, 0.25) is 0 Å². The van der Waals surface area contributed by atoms with Crippen molar-refractivity contribution in [1.82, 2.24) is 9.13 Å². The van der Waals surface area contributed by atoms with E-state index in [4.69, 9.17) is 4.42 Å². The molecule has 268 valence electrons. The summed E-state index contributed by atoms with van der Waals surface area (Å²) in [5.74, 6) is 0. The Morgan fingerprint density at radius 3 is 1.60 bits per heavy atom. The lowest BCUT2D eigenvalue weighted by Gasteiger charge is -2.12. The Morgan fingerprint density at radius 1 is 0.351 bits per heavy atom. The van der Waals surface area contributed by atoms with E-state index in [1.165, 1.54) is 77.0 Å². The molecule has 0 atom stereocenters. The summed E-state index contributed by atoms with van der Waals surface area (Å²) in [7, 11) is 0. The van der Waals surface area contributed by atoms with E-state index < -0.39 is 0 Å². The number of benzene rings is 8. The smallest absolute Gasteiger partial charge is 0.135 e. The van der Waals surface area contributed by atoms with Crippen LogP contribution in [-0.2, 0) is 0 Å². The fraction of sp³-hybridized carbons (Fsp3) is 0.0370. The minimum atomic E-state index is 0.906. The molecule has 1 aliphatic rings. The molecule has 0 fully saturated rings. The zero-order valence-corrected chi connectivity index (χ0v) is 31.2. The first-order valence-corrected chi connectivity index (χ1v) is 19.8. The lowest BCUT2D eigenvalue weighted by Crippen LogP contribution is -1.94. The zero-order chi connectivity index (χ0) is 37.5. The largest absolute Gasteiger partial charge is 0.456 e. The zero-order valence-electron chi connectivity index (χ0n) is 31.2. The lowest BCUT2D eigenvalue weighted by molar-refractivity contribution is 0.669. The van der Waals surface area contributed by atoms with E-state index in [1.54, 1.807) is 0 Å². The van der Waals surface area contributed by atoms with Gasteiger partial charge in [-0.1, -0.05) is 121 Å². The van der Waals surface area contributed by atoms with Gasteiger partial charge in [-0.2, -0.15) is 0 Å². The highest BCUT2D eigenvalue weighted by Crippen LogP contribution is 2.40. The summed E-state index contributed by atoms with van der Waals surface area (Å²) in [6, 6.07) is 64.2. The molecule has 0 saturated heterocycles. The Morgan fingerprint density at radius 2 is 0.912 bits per heavy atom. The van der Waals surface area contributed by atoms with E-state index >= 15 is 0 Å². The van der Waals surface area contributed by atoms with E-state index in [0.29, 0.717) is 0 Å². The van der Waals surface area contributed by atoms with Crippen molar-refractivity contribution < 1.29 is 4.42 Å². The van der Waals surface area contributed by atoms with Crippen LogP contribution in [0.1, 0.15) is 18.4 Å². The molecule has 0 N–H and O–H groups in total. The van der Waals surface area contributed by atoms with E-state index in [9.17, 15) is 0 Å². The number of allylic oxidation sites excluding steroid dienone is 4. The highest BCUT2D eigenvalue weighted by Gasteiger charge is 2.17. The fourth-order valence-corrected chi connectivity index (χ4v) is 9.22. The Labute approximate surface area is 329 Å². The number of hydrogen-bond donors (Lipinski definition) is 0. The average Bonchev–Trinajstić information content (AvgIpc) is 3.94. The van der Waals surface area contributed by atoms with Gasteiger partial charge >= 0.3 is 0 Å². The quantitative estimate of drug-likeness (QED) is 0.173. The molecular weight excluding hydrogens is 693 g/mol. The van der Waals surface area contributed by atoms with Gasteiger partial charge in [-0.25, -0.2) is 0 Å². The lowest BCUT2D eigenvalue weighted by atomic mass is 9.97. The summed E-state index contributed by atoms with van der Waals surface area (Å²) in [6.45, 7) is 0. The minimum absolute atomic E-state index is 0.906. The molecule has 8 aromatic carbocycles. The molecule has 0 aliphatic heterocycles. The number of rotatable bonds is 5. The molecule has 0 amide bonds. The third-order valence-corrected chi connectivity index (χ3v) is 11.9. The maximum absolute atomic E-state index is 6.18. The molecule has 3 heteroatoms. The topological polar surface area (TPSA) is 23.0 Å². The Kier molecular flexibility index (Phi) is 7.05. The maximum atomic E-state index is 6.18. The van der Waals surface area contributed by atoms with Gasteiger partial charge in [0.25, 0.3) is 0 Å². The summed E-state index contributed by atoms with van der Waals surface area (Å²) in [6.07, 6.45) is 9.09. The molecule has 3 nitrogen and oxygen atoms in total. The number of hydrogen-bond acceptors (Lipinski definition) is 1. The molecule has 12 rings (SSSR count). The summed E-state index contributed by atoms with van der Waals surface area (Å²) in [5.41, 5.74) is 16.3. The monoisotopic (exact) mass is 728 g/mol.